The van der Waals surface area contributed by atoms with Gasteiger partial charge in [-0.2, -0.15) is 0 Å². The second-order valence-electron chi connectivity index (χ2n) is 7.41. The molecule has 0 aliphatic heterocycles. The van der Waals surface area contributed by atoms with Gasteiger partial charge >= 0.3 is 0 Å². The Balaban J connectivity index is 1.64. The summed E-state index contributed by atoms with van der Waals surface area (Å²) < 4.78 is 0. The van der Waals surface area contributed by atoms with Crippen LogP contribution in [0.3, 0.4) is 0 Å². The Morgan fingerprint density at radius 1 is 0.640 bits per heavy atom. The van der Waals surface area contributed by atoms with E-state index in [0.29, 0.717) is 0 Å². The van der Waals surface area contributed by atoms with Gasteiger partial charge in [-0.1, -0.05) is 75.4 Å². The zero-order chi connectivity index (χ0) is 17.2. The molecule has 4 rings (SSSR count). The zero-order valence-electron chi connectivity index (χ0n) is 15.1. The first-order chi connectivity index (χ1) is 12.3. The van der Waals surface area contributed by atoms with Crippen LogP contribution in [-0.4, -0.2) is 0 Å². The van der Waals surface area contributed by atoms with Gasteiger partial charge in [0.05, 0.1) is 0 Å². The molecule has 1 nitrogen and oxygen atoms in total. The van der Waals surface area contributed by atoms with Crippen LogP contribution in [0.1, 0.15) is 51.0 Å². The van der Waals surface area contributed by atoms with E-state index in [1.807, 2.05) is 0 Å². The van der Waals surface area contributed by atoms with E-state index in [-0.39, 0.29) is 0 Å². The van der Waals surface area contributed by atoms with Crippen molar-refractivity contribution in [2.75, 3.05) is 5.73 Å². The third-order valence-electron chi connectivity index (χ3n) is 5.43. The van der Waals surface area contributed by atoms with Crippen molar-refractivity contribution in [1.82, 2.24) is 0 Å². The van der Waals surface area contributed by atoms with Crippen molar-refractivity contribution >= 4 is 38.0 Å². The second-order valence-corrected chi connectivity index (χ2v) is 7.41. The minimum atomic E-state index is 0.842. The molecule has 0 radical (unpaired) electrons. The lowest BCUT2D eigenvalue weighted by Crippen LogP contribution is -1.91. The van der Waals surface area contributed by atoms with E-state index < -0.39 is 0 Å². The standard InChI is InChI=1S/C24H27N/c1-2-3-4-5-6-7-8-17-13-18-9-11-20-15-22(25)16-21-12-10-19(14-17)23(18)24(20)21/h9-16H,2-8,25H2,1H3. The SMILES string of the molecule is CCCCCCCCc1cc2ccc3cc(N)cc4ccc(c1)c2c34. The topological polar surface area (TPSA) is 26.0 Å². The molecule has 0 unspecified atom stereocenters. The van der Waals surface area contributed by atoms with Crippen LogP contribution >= 0.6 is 0 Å². The van der Waals surface area contributed by atoms with Gasteiger partial charge in [0.25, 0.3) is 0 Å². The Morgan fingerprint density at radius 3 is 1.68 bits per heavy atom. The number of aryl methyl sites for hydroxylation is 1. The van der Waals surface area contributed by atoms with Crippen LogP contribution in [0.25, 0.3) is 32.3 Å². The minimum Gasteiger partial charge on any atom is -0.399 e. The first-order valence-corrected chi connectivity index (χ1v) is 9.73. The summed E-state index contributed by atoms with van der Waals surface area (Å²) in [7, 11) is 0. The Kier molecular flexibility index (Phi) is 4.48. The fourth-order valence-corrected chi connectivity index (χ4v) is 4.18. The Labute approximate surface area is 150 Å². The highest BCUT2D eigenvalue weighted by Gasteiger charge is 2.10. The number of nitrogens with two attached hydrogens (primary N) is 1. The quantitative estimate of drug-likeness (QED) is 0.219. The monoisotopic (exact) mass is 329 g/mol. The lowest BCUT2D eigenvalue weighted by Gasteiger charge is -2.13. The molecule has 1 heteroatoms. The lowest BCUT2D eigenvalue weighted by atomic mass is 9.91. The zero-order valence-corrected chi connectivity index (χ0v) is 15.1. The van der Waals surface area contributed by atoms with Crippen LogP contribution in [0.15, 0.2) is 48.5 Å². The van der Waals surface area contributed by atoms with Gasteiger partial charge in [-0.15, -0.1) is 0 Å². The van der Waals surface area contributed by atoms with Gasteiger partial charge in [0.1, 0.15) is 0 Å². The number of unbranched alkanes of at least 4 members (excludes halogenated alkanes) is 5. The normalized spacial score (nSPS) is 11.9. The summed E-state index contributed by atoms with van der Waals surface area (Å²) in [4.78, 5) is 0. The van der Waals surface area contributed by atoms with E-state index >= 15 is 0 Å². The summed E-state index contributed by atoms with van der Waals surface area (Å²) in [6, 6.07) is 17.9. The lowest BCUT2D eigenvalue weighted by molar-refractivity contribution is 0.608. The van der Waals surface area contributed by atoms with Crippen molar-refractivity contribution in [3.05, 3.63) is 54.1 Å². The second kappa shape index (κ2) is 6.92. The Bertz CT molecular complexity index is 932. The molecule has 0 aliphatic carbocycles. The van der Waals surface area contributed by atoms with Crippen LogP contribution in [0.4, 0.5) is 5.69 Å². The molecule has 0 atom stereocenters. The van der Waals surface area contributed by atoms with Crippen LogP contribution in [0.2, 0.25) is 0 Å². The summed E-state index contributed by atoms with van der Waals surface area (Å²) >= 11 is 0. The third kappa shape index (κ3) is 3.16. The summed E-state index contributed by atoms with van der Waals surface area (Å²) in [6.07, 6.45) is 9.31. The molecular weight excluding hydrogens is 302 g/mol. The number of hydrogen-bond acceptors (Lipinski definition) is 1. The van der Waals surface area contributed by atoms with Gasteiger partial charge in [0.2, 0.25) is 0 Å². The highest BCUT2D eigenvalue weighted by atomic mass is 14.5. The number of anilines is 1. The molecule has 0 aliphatic rings. The fraction of sp³-hybridized carbons (Fsp3) is 0.333. The van der Waals surface area contributed by atoms with Crippen molar-refractivity contribution < 1.29 is 0 Å². The van der Waals surface area contributed by atoms with Crippen molar-refractivity contribution in [3.8, 4) is 0 Å². The van der Waals surface area contributed by atoms with E-state index in [9.17, 15) is 0 Å². The first-order valence-electron chi connectivity index (χ1n) is 9.73. The number of hydrogen-bond donors (Lipinski definition) is 1. The Hall–Kier alpha value is -2.28. The Morgan fingerprint density at radius 2 is 1.12 bits per heavy atom. The van der Waals surface area contributed by atoms with Gasteiger partial charge < -0.3 is 5.73 Å². The van der Waals surface area contributed by atoms with Crippen molar-refractivity contribution in [2.45, 2.75) is 51.9 Å². The van der Waals surface area contributed by atoms with Gasteiger partial charge in [0.15, 0.2) is 0 Å². The molecule has 2 N–H and O–H groups in total. The summed E-state index contributed by atoms with van der Waals surface area (Å²) in [5.41, 5.74) is 8.37. The molecule has 0 aromatic heterocycles. The maximum Gasteiger partial charge on any atom is 0.0326 e. The molecule has 4 aromatic rings. The predicted molar refractivity (Wildman–Crippen MR) is 112 cm³/mol. The van der Waals surface area contributed by atoms with Crippen molar-refractivity contribution in [3.63, 3.8) is 0 Å². The number of rotatable bonds is 7. The molecule has 0 saturated heterocycles. The van der Waals surface area contributed by atoms with Crippen LogP contribution < -0.4 is 5.73 Å². The molecule has 25 heavy (non-hydrogen) atoms. The number of benzene rings is 4. The molecule has 128 valence electrons. The summed E-state index contributed by atoms with van der Waals surface area (Å²) in [6.45, 7) is 2.28. The fourth-order valence-electron chi connectivity index (χ4n) is 4.18. The molecule has 0 saturated carbocycles. The highest BCUT2D eigenvalue weighted by Crippen LogP contribution is 2.36. The average molecular weight is 329 g/mol. The van der Waals surface area contributed by atoms with Gasteiger partial charge in [0, 0.05) is 5.69 Å². The van der Waals surface area contributed by atoms with Crippen molar-refractivity contribution in [2.24, 2.45) is 0 Å². The van der Waals surface area contributed by atoms with E-state index in [1.54, 1.807) is 0 Å². The summed E-state index contributed by atoms with van der Waals surface area (Å²) in [5, 5.41) is 7.97. The first kappa shape index (κ1) is 16.2. The van der Waals surface area contributed by atoms with Crippen LogP contribution in [0.5, 0.6) is 0 Å². The van der Waals surface area contributed by atoms with Crippen LogP contribution in [-0.2, 0) is 6.42 Å². The average Bonchev–Trinajstić information content (AvgIpc) is 2.62. The van der Waals surface area contributed by atoms with E-state index in [0.717, 1.165) is 5.69 Å². The maximum absolute atomic E-state index is 6.05. The van der Waals surface area contributed by atoms with Crippen LogP contribution in [0, 0.1) is 0 Å². The molecule has 0 spiro atoms. The molecular formula is C24H27N. The molecule has 0 bridgehead atoms. The third-order valence-corrected chi connectivity index (χ3v) is 5.43. The maximum atomic E-state index is 6.05. The van der Waals surface area contributed by atoms with Crippen molar-refractivity contribution in [1.29, 1.82) is 0 Å². The van der Waals surface area contributed by atoms with E-state index in [2.05, 4.69) is 55.5 Å². The molecule has 4 aromatic carbocycles. The van der Waals surface area contributed by atoms with Gasteiger partial charge in [-0.3, -0.25) is 0 Å². The summed E-state index contributed by atoms with van der Waals surface area (Å²) in [5.74, 6) is 0. The smallest absolute Gasteiger partial charge is 0.0326 e. The minimum absolute atomic E-state index is 0.842. The van der Waals surface area contributed by atoms with Gasteiger partial charge in [-0.25, -0.2) is 0 Å². The highest BCUT2D eigenvalue weighted by molar-refractivity contribution is 6.23. The molecule has 0 fully saturated rings. The number of nitrogen functional groups attached to an aromatic ring is 1. The van der Waals surface area contributed by atoms with E-state index in [4.69, 9.17) is 5.73 Å². The predicted octanol–water partition coefficient (Wildman–Crippen LogP) is 7.07. The molecule has 0 heterocycles. The largest absolute Gasteiger partial charge is 0.399 e. The van der Waals surface area contributed by atoms with E-state index in [1.165, 1.54) is 82.8 Å². The molecule has 0 amide bonds. The van der Waals surface area contributed by atoms with Gasteiger partial charge in [-0.05, 0) is 62.9 Å².